The summed E-state index contributed by atoms with van der Waals surface area (Å²) < 4.78 is 30.0. The molecular formula is C22H21ClFN3O7. The molecule has 2 fully saturated rings. The van der Waals surface area contributed by atoms with Crippen LogP contribution in [0.4, 0.5) is 20.6 Å². The van der Waals surface area contributed by atoms with Gasteiger partial charge in [-0.25, -0.2) is 9.18 Å². The molecule has 4 rings (SSSR count). The van der Waals surface area contributed by atoms with Crippen LogP contribution in [0.1, 0.15) is 12.2 Å². The fourth-order valence-corrected chi connectivity index (χ4v) is 3.77. The molecule has 2 saturated heterocycles. The Labute approximate surface area is 198 Å². The summed E-state index contributed by atoms with van der Waals surface area (Å²) in [5.41, 5.74) is 0.172. The monoisotopic (exact) mass is 493 g/mol. The third-order valence-corrected chi connectivity index (χ3v) is 5.43. The Hall–Kier alpha value is -3.41. The molecule has 0 radical (unpaired) electrons. The molecule has 0 saturated carbocycles. The number of likely N-dealkylation sites (tertiary alicyclic amines) is 1. The summed E-state index contributed by atoms with van der Waals surface area (Å²) in [5.74, 6) is -1.23. The molecule has 3 heterocycles. The second-order valence-electron chi connectivity index (χ2n) is 7.60. The van der Waals surface area contributed by atoms with Crippen molar-refractivity contribution < 1.29 is 37.8 Å². The molecule has 0 aliphatic carbocycles. The van der Waals surface area contributed by atoms with Gasteiger partial charge in [0, 0.05) is 24.7 Å². The Morgan fingerprint density at radius 1 is 1.29 bits per heavy atom. The number of hydrogen-bond donors (Lipinski definition) is 2. The minimum absolute atomic E-state index is 0.000142. The number of rotatable bonds is 5. The van der Waals surface area contributed by atoms with Crippen LogP contribution in [-0.2, 0) is 19.1 Å². The maximum absolute atomic E-state index is 14.6. The van der Waals surface area contributed by atoms with Gasteiger partial charge < -0.3 is 28.8 Å². The summed E-state index contributed by atoms with van der Waals surface area (Å²) >= 11 is 5.69. The lowest BCUT2D eigenvalue weighted by molar-refractivity contribution is -0.132. The van der Waals surface area contributed by atoms with Crippen LogP contribution in [-0.4, -0.2) is 66.5 Å². The number of aliphatic hydroxyl groups is 1. The smallest absolute Gasteiger partial charge is 0.413 e. The molecule has 180 valence electrons. The van der Waals surface area contributed by atoms with Crippen molar-refractivity contribution in [1.29, 1.82) is 0 Å². The van der Waals surface area contributed by atoms with Crippen LogP contribution in [0.15, 0.2) is 40.8 Å². The summed E-state index contributed by atoms with van der Waals surface area (Å²) in [4.78, 5) is 39.4. The maximum atomic E-state index is 14.6. The van der Waals surface area contributed by atoms with E-state index in [0.717, 1.165) is 6.07 Å². The normalized spacial score (nSPS) is 20.7. The number of morpholine rings is 1. The number of amides is 3. The molecule has 2 N–H and O–H groups in total. The van der Waals surface area contributed by atoms with E-state index >= 15 is 0 Å². The molecule has 12 heteroatoms. The van der Waals surface area contributed by atoms with Gasteiger partial charge in [0.05, 0.1) is 24.9 Å². The molecule has 1 aromatic heterocycles. The molecule has 2 atom stereocenters. The lowest BCUT2D eigenvalue weighted by atomic mass is 10.2. The Morgan fingerprint density at radius 3 is 2.82 bits per heavy atom. The summed E-state index contributed by atoms with van der Waals surface area (Å²) in [7, 11) is 0. The van der Waals surface area contributed by atoms with Crippen LogP contribution in [0.3, 0.4) is 0 Å². The number of anilines is 2. The first-order valence-electron chi connectivity index (χ1n) is 10.4. The van der Waals surface area contributed by atoms with Crippen LogP contribution in [0, 0.1) is 5.82 Å². The van der Waals surface area contributed by atoms with Crippen LogP contribution >= 0.6 is 11.6 Å². The summed E-state index contributed by atoms with van der Waals surface area (Å²) in [5, 5.41) is 12.4. The highest BCUT2D eigenvalue weighted by Gasteiger charge is 2.36. The predicted molar refractivity (Wildman–Crippen MR) is 119 cm³/mol. The van der Waals surface area contributed by atoms with E-state index in [4.69, 9.17) is 25.5 Å². The number of β-amino-alcohol motifs (C(OH)–C–C–N with tert-alkyl or cyclic N) is 1. The zero-order valence-electron chi connectivity index (χ0n) is 17.8. The lowest BCUT2D eigenvalue weighted by Crippen LogP contribution is -2.41. The molecule has 2 aliphatic heterocycles. The molecule has 2 aromatic rings. The number of nitrogens with one attached hydrogen (secondary N) is 1. The molecule has 34 heavy (non-hydrogen) atoms. The number of aliphatic hydroxyl groups excluding tert-OH is 1. The highest BCUT2D eigenvalue weighted by Crippen LogP contribution is 2.25. The average Bonchev–Trinajstić information content (AvgIpc) is 3.38. The fourth-order valence-electron chi connectivity index (χ4n) is 3.62. The van der Waals surface area contributed by atoms with Crippen LogP contribution in [0.5, 0.6) is 0 Å². The van der Waals surface area contributed by atoms with Crippen molar-refractivity contribution in [2.75, 3.05) is 36.5 Å². The number of nitrogens with zero attached hydrogens (tertiary/aromatic N) is 2. The molecule has 0 bridgehead atoms. The van der Waals surface area contributed by atoms with Crippen molar-refractivity contribution >= 4 is 47.0 Å². The maximum Gasteiger partial charge on any atom is 0.413 e. The summed E-state index contributed by atoms with van der Waals surface area (Å²) in [6.07, 6.45) is -0.359. The lowest BCUT2D eigenvalue weighted by Gasteiger charge is -2.27. The molecule has 2 aliphatic rings. The van der Waals surface area contributed by atoms with Crippen molar-refractivity contribution in [3.05, 3.63) is 53.2 Å². The van der Waals surface area contributed by atoms with E-state index in [1.807, 2.05) is 0 Å². The number of ether oxygens (including phenoxy) is 2. The second-order valence-corrected chi connectivity index (χ2v) is 7.97. The molecule has 0 spiro atoms. The second kappa shape index (κ2) is 10.2. The SMILES string of the molecule is O=C(Nc1ccc(N2CCOCC2=O)cc1F)O[C@@H]1C[C@@H](O)CN1C(=O)/C=C/c1ccc(Cl)o1. The number of carbonyl (C=O) groups is 3. The van der Waals surface area contributed by atoms with Gasteiger partial charge in [-0.05, 0) is 48.0 Å². The molecule has 1 aromatic carbocycles. The van der Waals surface area contributed by atoms with E-state index in [9.17, 15) is 23.9 Å². The third kappa shape index (κ3) is 5.56. The van der Waals surface area contributed by atoms with Gasteiger partial charge in [-0.1, -0.05) is 0 Å². The van der Waals surface area contributed by atoms with Crippen molar-refractivity contribution in [1.82, 2.24) is 4.90 Å². The van der Waals surface area contributed by atoms with Crippen molar-refractivity contribution in [2.45, 2.75) is 18.8 Å². The molecular weight excluding hydrogens is 473 g/mol. The number of hydrogen-bond acceptors (Lipinski definition) is 7. The van der Waals surface area contributed by atoms with Crippen molar-refractivity contribution in [2.24, 2.45) is 0 Å². The Bertz CT molecular complexity index is 1120. The topological polar surface area (TPSA) is 122 Å². The number of furan rings is 1. The summed E-state index contributed by atoms with van der Waals surface area (Å²) in [6, 6.07) is 7.01. The van der Waals surface area contributed by atoms with Gasteiger partial charge in [-0.3, -0.25) is 14.9 Å². The van der Waals surface area contributed by atoms with Gasteiger partial charge in [0.1, 0.15) is 18.2 Å². The van der Waals surface area contributed by atoms with Gasteiger partial charge in [0.2, 0.25) is 5.91 Å². The van der Waals surface area contributed by atoms with Crippen molar-refractivity contribution in [3.63, 3.8) is 0 Å². The van der Waals surface area contributed by atoms with Gasteiger partial charge >= 0.3 is 6.09 Å². The first-order chi connectivity index (χ1) is 16.3. The van der Waals surface area contributed by atoms with Gasteiger partial charge in [-0.15, -0.1) is 0 Å². The largest absolute Gasteiger partial charge is 0.445 e. The zero-order chi connectivity index (χ0) is 24.2. The van der Waals surface area contributed by atoms with E-state index in [1.165, 1.54) is 40.2 Å². The highest BCUT2D eigenvalue weighted by atomic mass is 35.5. The zero-order valence-corrected chi connectivity index (χ0v) is 18.5. The third-order valence-electron chi connectivity index (χ3n) is 5.23. The number of benzene rings is 1. The van der Waals surface area contributed by atoms with E-state index in [1.54, 1.807) is 6.07 Å². The standard InChI is InChI=1S/C22H21ClFN3O7/c23-18-5-2-15(33-18)3-6-19(29)27-11-14(28)10-21(27)34-22(31)25-17-4-1-13(9-16(17)24)26-7-8-32-12-20(26)30/h1-6,9,14,21,28H,7-8,10-12H2,(H,25,31)/b6-3+/t14-,21-/m1/s1. The minimum Gasteiger partial charge on any atom is -0.445 e. The predicted octanol–water partition coefficient (Wildman–Crippen LogP) is 2.62. The van der Waals surface area contributed by atoms with E-state index < -0.39 is 30.1 Å². The summed E-state index contributed by atoms with van der Waals surface area (Å²) in [6.45, 7) is 0.506. The molecule has 3 amide bonds. The fraction of sp³-hybridized carbons (Fsp3) is 0.318. The number of carbonyl (C=O) groups excluding carboxylic acids is 3. The van der Waals surface area contributed by atoms with E-state index in [-0.39, 0.29) is 36.4 Å². The Balaban J connectivity index is 1.37. The van der Waals surface area contributed by atoms with Crippen LogP contribution in [0.2, 0.25) is 5.22 Å². The van der Waals surface area contributed by atoms with Gasteiger partial charge in [0.15, 0.2) is 11.4 Å². The number of halogens is 2. The van der Waals surface area contributed by atoms with Crippen LogP contribution in [0.25, 0.3) is 6.08 Å². The van der Waals surface area contributed by atoms with Gasteiger partial charge in [0.25, 0.3) is 5.91 Å². The quantitative estimate of drug-likeness (QED) is 0.614. The first-order valence-corrected chi connectivity index (χ1v) is 10.8. The molecule has 0 unspecified atom stereocenters. The average molecular weight is 494 g/mol. The van der Waals surface area contributed by atoms with Gasteiger partial charge in [-0.2, -0.15) is 0 Å². The Kier molecular flexibility index (Phi) is 7.15. The van der Waals surface area contributed by atoms with E-state index in [2.05, 4.69) is 5.32 Å². The van der Waals surface area contributed by atoms with Crippen LogP contribution < -0.4 is 10.2 Å². The Morgan fingerprint density at radius 2 is 2.12 bits per heavy atom. The highest BCUT2D eigenvalue weighted by molar-refractivity contribution is 6.28. The molecule has 10 nitrogen and oxygen atoms in total. The van der Waals surface area contributed by atoms with E-state index in [0.29, 0.717) is 24.6 Å². The first kappa shape index (κ1) is 23.7. The minimum atomic E-state index is -1.05. The van der Waals surface area contributed by atoms with Crippen molar-refractivity contribution in [3.8, 4) is 0 Å².